The molecule has 1 aromatic rings. The molecule has 0 saturated heterocycles. The monoisotopic (exact) mass is 208 g/mol. The second-order valence-electron chi connectivity index (χ2n) is 3.76. The van der Waals surface area contributed by atoms with Crippen molar-refractivity contribution in [1.82, 2.24) is 5.32 Å². The van der Waals surface area contributed by atoms with Gasteiger partial charge in [-0.2, -0.15) is 0 Å². The smallest absolute Gasteiger partial charge is 0.263 e. The van der Waals surface area contributed by atoms with E-state index in [0.29, 0.717) is 11.4 Å². The molecule has 0 saturated carbocycles. The summed E-state index contributed by atoms with van der Waals surface area (Å²) < 4.78 is 5.54. The SMILES string of the molecule is CNC(=O)C(C)(C)Oc1ccc(N)cc1. The number of rotatable bonds is 3. The Hall–Kier alpha value is -1.71. The number of hydrogen-bond acceptors (Lipinski definition) is 3. The number of nitrogens with one attached hydrogen (secondary N) is 1. The van der Waals surface area contributed by atoms with E-state index in [1.54, 1.807) is 45.2 Å². The maximum atomic E-state index is 11.4. The summed E-state index contributed by atoms with van der Waals surface area (Å²) in [4.78, 5) is 11.4. The number of carbonyl (C=O) groups is 1. The van der Waals surface area contributed by atoms with Gasteiger partial charge in [0, 0.05) is 12.7 Å². The van der Waals surface area contributed by atoms with Crippen molar-refractivity contribution in [3.8, 4) is 5.75 Å². The van der Waals surface area contributed by atoms with Gasteiger partial charge in [0.15, 0.2) is 5.60 Å². The Bertz CT molecular complexity index is 344. The first-order valence-electron chi connectivity index (χ1n) is 4.72. The standard InChI is InChI=1S/C11H16N2O2/c1-11(2,10(14)13-3)15-9-6-4-8(12)5-7-9/h4-7H,12H2,1-3H3,(H,13,14). The van der Waals surface area contributed by atoms with E-state index in [4.69, 9.17) is 10.5 Å². The lowest BCUT2D eigenvalue weighted by molar-refractivity contribution is -0.133. The molecule has 4 nitrogen and oxygen atoms in total. The fourth-order valence-electron chi connectivity index (χ4n) is 1.18. The van der Waals surface area contributed by atoms with Crippen LogP contribution in [0, 0.1) is 0 Å². The lowest BCUT2D eigenvalue weighted by Gasteiger charge is -2.24. The van der Waals surface area contributed by atoms with Crippen molar-refractivity contribution < 1.29 is 9.53 Å². The highest BCUT2D eigenvalue weighted by Gasteiger charge is 2.28. The van der Waals surface area contributed by atoms with Gasteiger partial charge in [0.05, 0.1) is 0 Å². The maximum Gasteiger partial charge on any atom is 0.263 e. The molecule has 1 rings (SSSR count). The van der Waals surface area contributed by atoms with Crippen LogP contribution in [0.15, 0.2) is 24.3 Å². The third-order valence-electron chi connectivity index (χ3n) is 2.03. The van der Waals surface area contributed by atoms with Crippen LogP contribution in [0.25, 0.3) is 0 Å². The van der Waals surface area contributed by atoms with Crippen molar-refractivity contribution in [2.24, 2.45) is 0 Å². The highest BCUT2D eigenvalue weighted by molar-refractivity contribution is 5.84. The Labute approximate surface area is 89.4 Å². The van der Waals surface area contributed by atoms with Crippen LogP contribution in [0.2, 0.25) is 0 Å². The molecule has 0 bridgehead atoms. The van der Waals surface area contributed by atoms with Gasteiger partial charge in [-0.15, -0.1) is 0 Å². The van der Waals surface area contributed by atoms with E-state index in [0.717, 1.165) is 0 Å². The molecular formula is C11H16N2O2. The third kappa shape index (κ3) is 2.87. The Morgan fingerprint density at radius 1 is 1.33 bits per heavy atom. The highest BCUT2D eigenvalue weighted by Crippen LogP contribution is 2.19. The summed E-state index contributed by atoms with van der Waals surface area (Å²) in [6.45, 7) is 3.42. The summed E-state index contributed by atoms with van der Waals surface area (Å²) >= 11 is 0. The van der Waals surface area contributed by atoms with Gasteiger partial charge in [-0.3, -0.25) is 4.79 Å². The molecule has 0 unspecified atom stereocenters. The second-order valence-corrected chi connectivity index (χ2v) is 3.76. The van der Waals surface area contributed by atoms with E-state index in [2.05, 4.69) is 5.32 Å². The van der Waals surface area contributed by atoms with E-state index in [-0.39, 0.29) is 5.91 Å². The van der Waals surface area contributed by atoms with Crippen LogP contribution in [-0.2, 0) is 4.79 Å². The van der Waals surface area contributed by atoms with Gasteiger partial charge in [0.1, 0.15) is 5.75 Å². The fraction of sp³-hybridized carbons (Fsp3) is 0.364. The summed E-state index contributed by atoms with van der Waals surface area (Å²) in [5.41, 5.74) is 5.32. The summed E-state index contributed by atoms with van der Waals surface area (Å²) in [5.74, 6) is 0.456. The molecule has 3 N–H and O–H groups in total. The predicted octanol–water partition coefficient (Wildman–Crippen LogP) is 1.17. The summed E-state index contributed by atoms with van der Waals surface area (Å²) in [6.07, 6.45) is 0. The number of ether oxygens (including phenoxy) is 1. The third-order valence-corrected chi connectivity index (χ3v) is 2.03. The van der Waals surface area contributed by atoms with E-state index in [1.807, 2.05) is 0 Å². The Morgan fingerprint density at radius 3 is 2.33 bits per heavy atom. The van der Waals surface area contributed by atoms with Crippen LogP contribution in [0.1, 0.15) is 13.8 Å². The first-order valence-corrected chi connectivity index (χ1v) is 4.72. The van der Waals surface area contributed by atoms with Crippen molar-refractivity contribution in [1.29, 1.82) is 0 Å². The highest BCUT2D eigenvalue weighted by atomic mass is 16.5. The largest absolute Gasteiger partial charge is 0.478 e. The number of likely N-dealkylation sites (N-methyl/N-ethyl adjacent to an activating group) is 1. The van der Waals surface area contributed by atoms with Gasteiger partial charge in [0.2, 0.25) is 0 Å². The van der Waals surface area contributed by atoms with Crippen molar-refractivity contribution >= 4 is 11.6 Å². The number of benzene rings is 1. The van der Waals surface area contributed by atoms with E-state index < -0.39 is 5.60 Å². The summed E-state index contributed by atoms with van der Waals surface area (Å²) in [5, 5.41) is 2.55. The minimum atomic E-state index is -0.884. The Balaban J connectivity index is 2.77. The lowest BCUT2D eigenvalue weighted by atomic mass is 10.1. The van der Waals surface area contributed by atoms with E-state index >= 15 is 0 Å². The van der Waals surface area contributed by atoms with Crippen LogP contribution >= 0.6 is 0 Å². The molecular weight excluding hydrogens is 192 g/mol. The number of hydrogen-bond donors (Lipinski definition) is 2. The molecule has 1 amide bonds. The Kier molecular flexibility index (Phi) is 3.19. The molecule has 15 heavy (non-hydrogen) atoms. The zero-order chi connectivity index (χ0) is 11.5. The molecule has 0 aromatic heterocycles. The minimum Gasteiger partial charge on any atom is -0.478 e. The number of carbonyl (C=O) groups excluding carboxylic acids is 1. The summed E-state index contributed by atoms with van der Waals surface area (Å²) in [6, 6.07) is 6.94. The number of amides is 1. The van der Waals surface area contributed by atoms with Gasteiger partial charge in [-0.25, -0.2) is 0 Å². The maximum absolute atomic E-state index is 11.4. The van der Waals surface area contributed by atoms with Gasteiger partial charge < -0.3 is 15.8 Å². The molecule has 0 heterocycles. The quantitative estimate of drug-likeness (QED) is 0.733. The van der Waals surface area contributed by atoms with E-state index in [9.17, 15) is 4.79 Å². The topological polar surface area (TPSA) is 64.3 Å². The molecule has 0 atom stereocenters. The van der Waals surface area contributed by atoms with Gasteiger partial charge in [-0.05, 0) is 38.1 Å². The zero-order valence-electron chi connectivity index (χ0n) is 9.20. The molecule has 0 radical (unpaired) electrons. The van der Waals surface area contributed by atoms with Crippen molar-refractivity contribution in [2.75, 3.05) is 12.8 Å². The van der Waals surface area contributed by atoms with Crippen LogP contribution in [0.4, 0.5) is 5.69 Å². The zero-order valence-corrected chi connectivity index (χ0v) is 9.20. The fourth-order valence-corrected chi connectivity index (χ4v) is 1.18. The average molecular weight is 208 g/mol. The molecule has 4 heteroatoms. The predicted molar refractivity (Wildman–Crippen MR) is 59.6 cm³/mol. The van der Waals surface area contributed by atoms with Crippen molar-refractivity contribution in [2.45, 2.75) is 19.4 Å². The lowest BCUT2D eigenvalue weighted by Crippen LogP contribution is -2.45. The molecule has 0 aliphatic carbocycles. The molecule has 82 valence electrons. The van der Waals surface area contributed by atoms with Crippen LogP contribution in [-0.4, -0.2) is 18.6 Å². The molecule has 1 aromatic carbocycles. The number of nitrogens with two attached hydrogens (primary N) is 1. The van der Waals surface area contributed by atoms with Crippen LogP contribution in [0.5, 0.6) is 5.75 Å². The number of anilines is 1. The van der Waals surface area contributed by atoms with E-state index in [1.165, 1.54) is 0 Å². The van der Waals surface area contributed by atoms with Crippen molar-refractivity contribution in [3.63, 3.8) is 0 Å². The molecule has 0 aliphatic rings. The molecule has 0 fully saturated rings. The minimum absolute atomic E-state index is 0.167. The Morgan fingerprint density at radius 2 is 1.87 bits per heavy atom. The van der Waals surface area contributed by atoms with Crippen molar-refractivity contribution in [3.05, 3.63) is 24.3 Å². The normalized spacial score (nSPS) is 10.9. The average Bonchev–Trinajstić information content (AvgIpc) is 2.20. The molecule has 0 spiro atoms. The first-order chi connectivity index (χ1) is 6.95. The number of nitrogen functional groups attached to an aromatic ring is 1. The van der Waals surface area contributed by atoms with Crippen LogP contribution < -0.4 is 15.8 Å². The molecule has 0 aliphatic heterocycles. The van der Waals surface area contributed by atoms with Crippen LogP contribution in [0.3, 0.4) is 0 Å². The second kappa shape index (κ2) is 4.21. The van der Waals surface area contributed by atoms with Gasteiger partial charge in [0.25, 0.3) is 5.91 Å². The van der Waals surface area contributed by atoms with Gasteiger partial charge in [-0.1, -0.05) is 0 Å². The van der Waals surface area contributed by atoms with Gasteiger partial charge >= 0.3 is 0 Å². The first kappa shape index (κ1) is 11.4. The summed E-state index contributed by atoms with van der Waals surface area (Å²) in [7, 11) is 1.58.